The molecule has 2 heterocycles. The van der Waals surface area contributed by atoms with Crippen LogP contribution in [0.15, 0.2) is 109 Å². The SMILES string of the molecule is CN1/C(=C/C=C/C=C/C=C/C2Nc3ccc4ccccc4c3C2(C)C)C(C)(C)c2c1ccc1c2CC=CC1. The van der Waals surface area contributed by atoms with Crippen LogP contribution in [0.2, 0.25) is 0 Å². The van der Waals surface area contributed by atoms with Crippen LogP contribution in [0.5, 0.6) is 0 Å². The Morgan fingerprint density at radius 2 is 1.58 bits per heavy atom. The second-order valence-electron chi connectivity index (χ2n) is 11.9. The van der Waals surface area contributed by atoms with Crippen molar-refractivity contribution >= 4 is 22.1 Å². The van der Waals surface area contributed by atoms with Crippen LogP contribution in [0.1, 0.15) is 49.9 Å². The van der Waals surface area contributed by atoms with Crippen LogP contribution < -0.4 is 10.2 Å². The molecule has 2 nitrogen and oxygen atoms in total. The summed E-state index contributed by atoms with van der Waals surface area (Å²) in [7, 11) is 2.20. The van der Waals surface area contributed by atoms with Crippen LogP contribution in [0, 0.1) is 0 Å². The number of anilines is 2. The highest BCUT2D eigenvalue weighted by molar-refractivity contribution is 5.93. The van der Waals surface area contributed by atoms with Crippen molar-refractivity contribution in [1.82, 2.24) is 0 Å². The molecule has 0 spiro atoms. The van der Waals surface area contributed by atoms with Crippen molar-refractivity contribution < 1.29 is 0 Å². The summed E-state index contributed by atoms with van der Waals surface area (Å²) in [6.07, 6.45) is 22.0. The fourth-order valence-corrected chi connectivity index (χ4v) is 6.88. The maximum atomic E-state index is 3.74. The van der Waals surface area contributed by atoms with Crippen LogP contribution in [-0.4, -0.2) is 13.1 Å². The monoisotopic (exact) mass is 498 g/mol. The van der Waals surface area contributed by atoms with Gasteiger partial charge in [-0.05, 0) is 64.1 Å². The van der Waals surface area contributed by atoms with E-state index in [9.17, 15) is 0 Å². The van der Waals surface area contributed by atoms with E-state index in [0.717, 1.165) is 12.8 Å². The molecule has 1 N–H and O–H groups in total. The molecule has 3 aliphatic rings. The lowest BCUT2D eigenvalue weighted by Crippen LogP contribution is -2.31. The van der Waals surface area contributed by atoms with E-state index < -0.39 is 0 Å². The first-order valence-corrected chi connectivity index (χ1v) is 13.8. The Hall–Kier alpha value is -3.78. The van der Waals surface area contributed by atoms with Crippen molar-refractivity contribution in [2.24, 2.45) is 0 Å². The van der Waals surface area contributed by atoms with Crippen molar-refractivity contribution in [3.8, 4) is 0 Å². The Kier molecular flexibility index (Phi) is 5.94. The Labute approximate surface area is 227 Å². The van der Waals surface area contributed by atoms with Crippen LogP contribution in [-0.2, 0) is 23.7 Å². The summed E-state index contributed by atoms with van der Waals surface area (Å²) in [6.45, 7) is 9.41. The fraction of sp³-hybridized carbons (Fsp3) is 0.278. The average molecular weight is 499 g/mol. The molecular formula is C36H38N2. The highest BCUT2D eigenvalue weighted by Gasteiger charge is 2.41. The van der Waals surface area contributed by atoms with E-state index in [1.165, 1.54) is 50.1 Å². The highest BCUT2D eigenvalue weighted by Crippen LogP contribution is 2.50. The first-order chi connectivity index (χ1) is 18.3. The van der Waals surface area contributed by atoms with Gasteiger partial charge in [-0.3, -0.25) is 0 Å². The number of hydrogen-bond donors (Lipinski definition) is 1. The van der Waals surface area contributed by atoms with Crippen LogP contribution in [0.3, 0.4) is 0 Å². The molecule has 6 rings (SSSR count). The molecule has 38 heavy (non-hydrogen) atoms. The van der Waals surface area contributed by atoms with E-state index in [1.807, 2.05) is 0 Å². The average Bonchev–Trinajstić information content (AvgIpc) is 3.29. The standard InChI is InChI=1S/C36H38N2/c1-35(2)31(37-29-23-21-25-15-11-13-17-27(25)33(29)35)19-9-7-6-8-10-20-32-36(3,4)34-28-18-14-12-16-26(28)22-24-30(34)38(32)5/h6-15,17,19-24,31,37H,16,18H2,1-5H3/b7-6+,10-8+,19-9+,32-20+. The second-order valence-corrected chi connectivity index (χ2v) is 11.9. The van der Waals surface area contributed by atoms with Gasteiger partial charge in [0, 0.05) is 34.9 Å². The largest absolute Gasteiger partial charge is 0.378 e. The van der Waals surface area contributed by atoms with E-state index >= 15 is 0 Å². The van der Waals surface area contributed by atoms with Crippen molar-refractivity contribution in [2.75, 3.05) is 17.3 Å². The lowest BCUT2D eigenvalue weighted by atomic mass is 9.77. The summed E-state index contributed by atoms with van der Waals surface area (Å²) < 4.78 is 0. The third-order valence-corrected chi connectivity index (χ3v) is 8.87. The second kappa shape index (κ2) is 9.20. The van der Waals surface area contributed by atoms with E-state index in [0.29, 0.717) is 0 Å². The normalized spacial score (nSPS) is 22.1. The molecule has 0 radical (unpaired) electrons. The van der Waals surface area contributed by atoms with Gasteiger partial charge < -0.3 is 10.2 Å². The van der Waals surface area contributed by atoms with Gasteiger partial charge in [-0.25, -0.2) is 0 Å². The summed E-state index contributed by atoms with van der Waals surface area (Å²) in [6, 6.07) is 18.0. The summed E-state index contributed by atoms with van der Waals surface area (Å²) in [5.41, 5.74) is 9.88. The predicted octanol–water partition coefficient (Wildman–Crippen LogP) is 8.55. The molecule has 1 atom stereocenters. The molecule has 192 valence electrons. The summed E-state index contributed by atoms with van der Waals surface area (Å²) in [5, 5.41) is 6.40. The Bertz CT molecular complexity index is 1560. The van der Waals surface area contributed by atoms with Gasteiger partial charge in [0.2, 0.25) is 0 Å². The zero-order valence-corrected chi connectivity index (χ0v) is 23.3. The zero-order valence-electron chi connectivity index (χ0n) is 23.3. The number of nitrogens with one attached hydrogen (secondary N) is 1. The summed E-state index contributed by atoms with van der Waals surface area (Å²) in [5.74, 6) is 0. The number of benzene rings is 3. The van der Waals surface area contributed by atoms with Crippen molar-refractivity contribution in [2.45, 2.75) is 57.4 Å². The first kappa shape index (κ1) is 24.6. The molecule has 1 unspecified atom stereocenters. The third kappa shape index (κ3) is 3.86. The number of nitrogens with zero attached hydrogens (tertiary/aromatic N) is 1. The molecule has 0 saturated heterocycles. The molecule has 0 amide bonds. The molecule has 2 heteroatoms. The van der Waals surface area contributed by atoms with Gasteiger partial charge in [-0.2, -0.15) is 0 Å². The minimum absolute atomic E-state index is 0.00648. The minimum Gasteiger partial charge on any atom is -0.378 e. The Morgan fingerprint density at radius 1 is 0.816 bits per heavy atom. The van der Waals surface area contributed by atoms with Gasteiger partial charge in [0.15, 0.2) is 0 Å². The lowest BCUT2D eigenvalue weighted by molar-refractivity contribution is 0.521. The number of hydrogen-bond acceptors (Lipinski definition) is 2. The molecule has 3 aromatic carbocycles. The van der Waals surface area contributed by atoms with Crippen molar-refractivity contribution in [3.05, 3.63) is 131 Å². The molecule has 0 bridgehead atoms. The third-order valence-electron chi connectivity index (χ3n) is 8.87. The van der Waals surface area contributed by atoms with Gasteiger partial charge in [-0.1, -0.05) is 113 Å². The fourth-order valence-electron chi connectivity index (χ4n) is 6.88. The van der Waals surface area contributed by atoms with E-state index in [4.69, 9.17) is 0 Å². The molecular weight excluding hydrogens is 460 g/mol. The van der Waals surface area contributed by atoms with Gasteiger partial charge in [0.25, 0.3) is 0 Å². The molecule has 2 aliphatic heterocycles. The first-order valence-electron chi connectivity index (χ1n) is 13.8. The number of likely N-dealkylation sites (N-methyl/N-ethyl adjacent to an activating group) is 1. The summed E-state index contributed by atoms with van der Waals surface area (Å²) in [4.78, 5) is 2.37. The minimum atomic E-state index is -0.00648. The van der Waals surface area contributed by atoms with Gasteiger partial charge in [0.1, 0.15) is 0 Å². The quantitative estimate of drug-likeness (QED) is 0.286. The predicted molar refractivity (Wildman–Crippen MR) is 164 cm³/mol. The maximum absolute atomic E-state index is 3.74. The van der Waals surface area contributed by atoms with Crippen molar-refractivity contribution in [3.63, 3.8) is 0 Å². The van der Waals surface area contributed by atoms with Crippen molar-refractivity contribution in [1.29, 1.82) is 0 Å². The maximum Gasteiger partial charge on any atom is 0.0540 e. The molecule has 0 saturated carbocycles. The molecule has 0 fully saturated rings. The topological polar surface area (TPSA) is 15.3 Å². The van der Waals surface area contributed by atoms with Gasteiger partial charge in [0.05, 0.1) is 6.04 Å². The lowest BCUT2D eigenvalue weighted by Gasteiger charge is -2.26. The zero-order chi connectivity index (χ0) is 26.5. The van der Waals surface area contributed by atoms with Gasteiger partial charge >= 0.3 is 0 Å². The Balaban J connectivity index is 1.16. The molecule has 0 aromatic heterocycles. The Morgan fingerprint density at radius 3 is 2.45 bits per heavy atom. The number of rotatable bonds is 4. The number of allylic oxidation sites excluding steroid dienone is 9. The van der Waals surface area contributed by atoms with Crippen LogP contribution in [0.25, 0.3) is 10.8 Å². The van der Waals surface area contributed by atoms with Gasteiger partial charge in [-0.15, -0.1) is 0 Å². The van der Waals surface area contributed by atoms with Crippen LogP contribution in [0.4, 0.5) is 11.4 Å². The molecule has 1 aliphatic carbocycles. The van der Waals surface area contributed by atoms with E-state index in [2.05, 4.69) is 148 Å². The molecule has 3 aromatic rings. The smallest absolute Gasteiger partial charge is 0.0540 e. The van der Waals surface area contributed by atoms with E-state index in [-0.39, 0.29) is 16.9 Å². The highest BCUT2D eigenvalue weighted by atomic mass is 15.2. The van der Waals surface area contributed by atoms with E-state index in [1.54, 1.807) is 0 Å². The summed E-state index contributed by atoms with van der Waals surface area (Å²) >= 11 is 0. The number of fused-ring (bicyclic) bond motifs is 6. The van der Waals surface area contributed by atoms with Crippen LogP contribution >= 0.6 is 0 Å².